The summed E-state index contributed by atoms with van der Waals surface area (Å²) < 4.78 is 5.28. The van der Waals surface area contributed by atoms with Crippen LogP contribution >= 0.6 is 0 Å². The molecule has 1 aliphatic heterocycles. The van der Waals surface area contributed by atoms with Gasteiger partial charge in [0.25, 0.3) is 0 Å². The average Bonchev–Trinajstić information content (AvgIpc) is 2.11. The van der Waals surface area contributed by atoms with Crippen molar-refractivity contribution in [2.45, 2.75) is 51.4 Å². The molecule has 1 fully saturated rings. The van der Waals surface area contributed by atoms with Gasteiger partial charge in [0.05, 0.1) is 5.60 Å². The van der Waals surface area contributed by atoms with Gasteiger partial charge in [0.15, 0.2) is 0 Å². The molecule has 1 heterocycles. The van der Waals surface area contributed by atoms with Crippen LogP contribution in [0.1, 0.15) is 34.1 Å². The zero-order valence-corrected chi connectivity index (χ0v) is 11.4. The van der Waals surface area contributed by atoms with Gasteiger partial charge in [-0.3, -0.25) is 0 Å². The van der Waals surface area contributed by atoms with Gasteiger partial charge in [-0.2, -0.15) is 0 Å². The van der Waals surface area contributed by atoms with Gasteiger partial charge in [-0.15, -0.1) is 0 Å². The molecule has 0 saturated carbocycles. The molecule has 1 saturated heterocycles. The Kier molecular flexibility index (Phi) is 4.04. The first-order chi connectivity index (χ1) is 7.63. The van der Waals surface area contributed by atoms with E-state index in [9.17, 15) is 9.90 Å². The zero-order valence-electron chi connectivity index (χ0n) is 11.4. The molecule has 1 amide bonds. The third-order valence-corrected chi connectivity index (χ3v) is 2.93. The number of ether oxygens (including phenoxy) is 1. The zero-order chi connectivity index (χ0) is 13.3. The number of carbonyl (C=O) groups is 1. The minimum Gasteiger partial charge on any atom is -0.444 e. The summed E-state index contributed by atoms with van der Waals surface area (Å²) in [5.74, 6) is 0. The van der Waals surface area contributed by atoms with E-state index in [4.69, 9.17) is 4.74 Å². The largest absolute Gasteiger partial charge is 0.444 e. The van der Waals surface area contributed by atoms with Gasteiger partial charge >= 0.3 is 6.09 Å². The molecule has 17 heavy (non-hydrogen) atoms. The number of nitrogens with zero attached hydrogens (tertiary/aromatic N) is 1. The molecule has 0 bridgehead atoms. The quantitative estimate of drug-likeness (QED) is 0.776. The lowest BCUT2D eigenvalue weighted by atomic mass is 9.89. The summed E-state index contributed by atoms with van der Waals surface area (Å²) >= 11 is 0. The summed E-state index contributed by atoms with van der Waals surface area (Å²) in [6.45, 7) is 8.63. The van der Waals surface area contributed by atoms with Crippen molar-refractivity contribution in [1.29, 1.82) is 0 Å². The smallest absolute Gasteiger partial charge is 0.410 e. The topological polar surface area (TPSA) is 61.8 Å². The van der Waals surface area contributed by atoms with E-state index < -0.39 is 11.2 Å². The van der Waals surface area contributed by atoms with Gasteiger partial charge in [0.2, 0.25) is 0 Å². The van der Waals surface area contributed by atoms with Crippen molar-refractivity contribution in [3.63, 3.8) is 0 Å². The highest BCUT2D eigenvalue weighted by Crippen LogP contribution is 2.21. The minimum atomic E-state index is -0.671. The number of carbonyl (C=O) groups excluding carboxylic acids is 1. The lowest BCUT2D eigenvalue weighted by molar-refractivity contribution is -0.0377. The number of hydrogen-bond donors (Lipinski definition) is 2. The second-order valence-corrected chi connectivity index (χ2v) is 5.97. The molecule has 0 spiro atoms. The van der Waals surface area contributed by atoms with Crippen LogP contribution in [-0.4, -0.2) is 53.5 Å². The van der Waals surface area contributed by atoms with Gasteiger partial charge < -0.3 is 20.1 Å². The Bertz CT molecular complexity index is 282. The monoisotopic (exact) mass is 244 g/mol. The van der Waals surface area contributed by atoms with Gasteiger partial charge in [-0.25, -0.2) is 4.79 Å². The first-order valence-electron chi connectivity index (χ1n) is 6.02. The Labute approximate surface area is 103 Å². The molecule has 5 nitrogen and oxygen atoms in total. The molecule has 1 unspecified atom stereocenters. The van der Waals surface area contributed by atoms with E-state index in [0.29, 0.717) is 19.5 Å². The van der Waals surface area contributed by atoms with E-state index in [1.807, 2.05) is 27.7 Å². The van der Waals surface area contributed by atoms with Gasteiger partial charge in [-0.1, -0.05) is 0 Å². The fourth-order valence-corrected chi connectivity index (χ4v) is 1.76. The molecule has 0 radical (unpaired) electrons. The number of amides is 1. The Morgan fingerprint density at radius 1 is 1.53 bits per heavy atom. The van der Waals surface area contributed by atoms with Crippen LogP contribution in [0.5, 0.6) is 0 Å². The SMILES string of the molecule is CC(CC1(O)CNC1)N(C)C(=O)OC(C)(C)C. The molecule has 2 N–H and O–H groups in total. The van der Waals surface area contributed by atoms with E-state index in [-0.39, 0.29) is 12.1 Å². The Morgan fingerprint density at radius 3 is 2.41 bits per heavy atom. The predicted octanol–water partition coefficient (Wildman–Crippen LogP) is 0.966. The summed E-state index contributed by atoms with van der Waals surface area (Å²) in [5.41, 5.74) is -1.16. The number of aliphatic hydroxyl groups is 1. The van der Waals surface area contributed by atoms with Crippen molar-refractivity contribution >= 4 is 6.09 Å². The van der Waals surface area contributed by atoms with Crippen LogP contribution in [0.25, 0.3) is 0 Å². The summed E-state index contributed by atoms with van der Waals surface area (Å²) in [6.07, 6.45) is 0.219. The van der Waals surface area contributed by atoms with Crippen molar-refractivity contribution in [2.75, 3.05) is 20.1 Å². The van der Waals surface area contributed by atoms with E-state index >= 15 is 0 Å². The molecule has 0 aromatic heterocycles. The predicted molar refractivity (Wildman–Crippen MR) is 65.9 cm³/mol. The van der Waals surface area contributed by atoms with Gasteiger partial charge in [0, 0.05) is 26.2 Å². The second kappa shape index (κ2) is 4.82. The molecule has 1 rings (SSSR count). The van der Waals surface area contributed by atoms with Crippen molar-refractivity contribution in [1.82, 2.24) is 10.2 Å². The molecule has 0 aromatic rings. The first-order valence-corrected chi connectivity index (χ1v) is 6.02. The van der Waals surface area contributed by atoms with Crippen LogP contribution < -0.4 is 5.32 Å². The van der Waals surface area contributed by atoms with E-state index in [1.54, 1.807) is 11.9 Å². The molecule has 0 aromatic carbocycles. The van der Waals surface area contributed by atoms with Crippen molar-refractivity contribution in [3.8, 4) is 0 Å². The van der Waals surface area contributed by atoms with Crippen LogP contribution in [-0.2, 0) is 4.74 Å². The highest BCUT2D eigenvalue weighted by molar-refractivity contribution is 5.68. The summed E-state index contributed by atoms with van der Waals surface area (Å²) in [6, 6.07) is -0.0445. The Balaban J connectivity index is 2.45. The van der Waals surface area contributed by atoms with Crippen LogP contribution in [0, 0.1) is 0 Å². The number of β-amino-alcohol motifs (C(OH)–C–C–N with tert-alkyl or cyclic N) is 1. The van der Waals surface area contributed by atoms with Crippen LogP contribution in [0.3, 0.4) is 0 Å². The molecule has 5 heteroatoms. The third-order valence-electron chi connectivity index (χ3n) is 2.93. The lowest BCUT2D eigenvalue weighted by Crippen LogP contribution is -2.61. The highest BCUT2D eigenvalue weighted by atomic mass is 16.6. The molecule has 100 valence electrons. The normalized spacial score (nSPS) is 20.4. The van der Waals surface area contributed by atoms with Crippen molar-refractivity contribution in [3.05, 3.63) is 0 Å². The van der Waals surface area contributed by atoms with Crippen LogP contribution in [0.15, 0.2) is 0 Å². The molecule has 1 aliphatic rings. The molecular formula is C12H24N2O3. The molecular weight excluding hydrogens is 220 g/mol. The second-order valence-electron chi connectivity index (χ2n) is 5.97. The highest BCUT2D eigenvalue weighted by Gasteiger charge is 2.37. The standard InChI is InChI=1S/C12H24N2O3/c1-9(6-12(16)7-13-8-12)14(5)10(15)17-11(2,3)4/h9,13,16H,6-8H2,1-5H3. The summed E-state index contributed by atoms with van der Waals surface area (Å²) in [4.78, 5) is 13.3. The first kappa shape index (κ1) is 14.3. The summed E-state index contributed by atoms with van der Waals surface area (Å²) in [7, 11) is 1.70. The van der Waals surface area contributed by atoms with Crippen molar-refractivity contribution in [2.24, 2.45) is 0 Å². The lowest BCUT2D eigenvalue weighted by Gasteiger charge is -2.41. The van der Waals surface area contributed by atoms with Crippen LogP contribution in [0.2, 0.25) is 0 Å². The van der Waals surface area contributed by atoms with Gasteiger partial charge in [-0.05, 0) is 34.1 Å². The van der Waals surface area contributed by atoms with E-state index in [0.717, 1.165) is 0 Å². The van der Waals surface area contributed by atoms with E-state index in [1.165, 1.54) is 0 Å². The van der Waals surface area contributed by atoms with Crippen molar-refractivity contribution < 1.29 is 14.6 Å². The maximum atomic E-state index is 11.8. The Morgan fingerprint density at radius 2 is 2.06 bits per heavy atom. The van der Waals surface area contributed by atoms with Gasteiger partial charge in [0.1, 0.15) is 5.60 Å². The third kappa shape index (κ3) is 4.16. The maximum Gasteiger partial charge on any atom is 0.410 e. The average molecular weight is 244 g/mol. The molecule has 1 atom stereocenters. The summed E-state index contributed by atoms with van der Waals surface area (Å²) in [5, 5.41) is 13.0. The van der Waals surface area contributed by atoms with Crippen LogP contribution in [0.4, 0.5) is 4.79 Å². The van der Waals surface area contributed by atoms with E-state index in [2.05, 4.69) is 5.32 Å². The fraction of sp³-hybridized carbons (Fsp3) is 0.917. The minimum absolute atomic E-state index is 0.0445. The maximum absolute atomic E-state index is 11.8. The number of nitrogens with one attached hydrogen (secondary N) is 1. The Hall–Kier alpha value is -0.810. The molecule has 0 aliphatic carbocycles. The fourth-order valence-electron chi connectivity index (χ4n) is 1.76. The number of rotatable bonds is 3. The number of hydrogen-bond acceptors (Lipinski definition) is 4.